The summed E-state index contributed by atoms with van der Waals surface area (Å²) in [6.07, 6.45) is 3.76. The lowest BCUT2D eigenvalue weighted by molar-refractivity contribution is 0.0566. The molecular weight excluding hydrogens is 342 g/mol. The monoisotopic (exact) mass is 361 g/mol. The maximum atomic E-state index is 13.0. The summed E-state index contributed by atoms with van der Waals surface area (Å²) >= 11 is 0. The maximum Gasteiger partial charge on any atom is 0.290 e. The molecule has 0 spiro atoms. The molecule has 132 valence electrons. The first kappa shape index (κ1) is 16.3. The van der Waals surface area contributed by atoms with Crippen molar-refractivity contribution in [1.82, 2.24) is 4.90 Å². The van der Waals surface area contributed by atoms with E-state index in [1.165, 1.54) is 12.3 Å². The van der Waals surface area contributed by atoms with E-state index in [0.717, 1.165) is 12.8 Å². The summed E-state index contributed by atoms with van der Waals surface area (Å²) in [5.74, 6) is -0.291. The lowest BCUT2D eigenvalue weighted by atomic mass is 10.0. The molecule has 1 aromatic carbocycles. The molecule has 0 saturated carbocycles. The number of para-hydroxylation sites is 1. The van der Waals surface area contributed by atoms with Gasteiger partial charge in [-0.3, -0.25) is 9.59 Å². The fourth-order valence-electron chi connectivity index (χ4n) is 4.14. The van der Waals surface area contributed by atoms with E-state index in [-0.39, 0.29) is 29.2 Å². The van der Waals surface area contributed by atoms with Gasteiger partial charge in [-0.1, -0.05) is 12.1 Å². The first-order valence-corrected chi connectivity index (χ1v) is 10.3. The number of rotatable bonds is 2. The second-order valence-electron chi connectivity index (χ2n) is 6.99. The Kier molecular flexibility index (Phi) is 3.72. The number of piperidine rings is 1. The highest BCUT2D eigenvalue weighted by Gasteiger charge is 2.46. The summed E-state index contributed by atoms with van der Waals surface area (Å²) in [6, 6.07) is 7.85. The third-order valence-electron chi connectivity index (χ3n) is 5.38. The average Bonchev–Trinajstić information content (AvgIpc) is 2.82. The summed E-state index contributed by atoms with van der Waals surface area (Å²) in [5.41, 5.74) is 0.139. The molecule has 0 radical (unpaired) electrons. The van der Waals surface area contributed by atoms with E-state index in [1.54, 1.807) is 29.2 Å². The number of carbonyl (C=O) groups excluding carboxylic acids is 1. The second-order valence-corrected chi connectivity index (χ2v) is 9.32. The molecule has 3 heterocycles. The minimum atomic E-state index is -3.11. The zero-order chi connectivity index (χ0) is 17.8. The predicted molar refractivity (Wildman–Crippen MR) is 93.3 cm³/mol. The van der Waals surface area contributed by atoms with Crippen molar-refractivity contribution < 1.29 is 17.6 Å². The summed E-state index contributed by atoms with van der Waals surface area (Å²) in [7, 11) is -3.11. The van der Waals surface area contributed by atoms with Crippen molar-refractivity contribution in [2.24, 2.45) is 0 Å². The number of fused-ring (bicyclic) bond motifs is 3. The van der Waals surface area contributed by atoms with Gasteiger partial charge in [0, 0.05) is 24.4 Å². The summed E-state index contributed by atoms with van der Waals surface area (Å²) < 4.78 is 29.4. The van der Waals surface area contributed by atoms with Crippen LogP contribution in [0.3, 0.4) is 0 Å². The van der Waals surface area contributed by atoms with Gasteiger partial charge in [-0.25, -0.2) is 8.42 Å². The molecule has 1 amide bonds. The molecule has 2 aliphatic rings. The first-order valence-electron chi connectivity index (χ1n) is 8.39. The number of hydrogen-bond donors (Lipinski definition) is 0. The molecule has 2 unspecified atom stereocenters. The number of sulfone groups is 1. The summed E-state index contributed by atoms with van der Waals surface area (Å²) in [6.45, 7) is 0. The van der Waals surface area contributed by atoms with Crippen LogP contribution < -0.4 is 5.43 Å². The van der Waals surface area contributed by atoms with Gasteiger partial charge in [-0.15, -0.1) is 0 Å². The highest BCUT2D eigenvalue weighted by Crippen LogP contribution is 2.39. The zero-order valence-electron chi connectivity index (χ0n) is 13.8. The largest absolute Gasteiger partial charge is 0.451 e. The van der Waals surface area contributed by atoms with Crippen LogP contribution in [0.2, 0.25) is 0 Å². The van der Waals surface area contributed by atoms with Gasteiger partial charge in [0.2, 0.25) is 0 Å². The van der Waals surface area contributed by atoms with Crippen molar-refractivity contribution in [2.75, 3.05) is 6.26 Å². The summed E-state index contributed by atoms with van der Waals surface area (Å²) in [4.78, 5) is 26.9. The summed E-state index contributed by atoms with van der Waals surface area (Å²) in [5, 5.41) is 0.0514. The lowest BCUT2D eigenvalue weighted by Crippen LogP contribution is -2.49. The molecule has 2 saturated heterocycles. The Morgan fingerprint density at radius 2 is 1.80 bits per heavy atom. The van der Waals surface area contributed by atoms with Crippen LogP contribution in [-0.2, 0) is 9.84 Å². The number of hydrogen-bond acceptors (Lipinski definition) is 5. The van der Waals surface area contributed by atoms with Crippen molar-refractivity contribution in [3.63, 3.8) is 0 Å². The second kappa shape index (κ2) is 5.69. The molecule has 25 heavy (non-hydrogen) atoms. The van der Waals surface area contributed by atoms with E-state index < -0.39 is 15.1 Å². The number of amides is 1. The van der Waals surface area contributed by atoms with Crippen molar-refractivity contribution in [2.45, 2.75) is 43.0 Å². The quantitative estimate of drug-likeness (QED) is 0.816. The van der Waals surface area contributed by atoms with Crippen LogP contribution in [0.25, 0.3) is 11.0 Å². The van der Waals surface area contributed by atoms with Crippen molar-refractivity contribution in [1.29, 1.82) is 0 Å². The minimum absolute atomic E-state index is 0.0263. The SMILES string of the molecule is CS(=O)(=O)C1CC2CCC(C1)N2C(=O)c1cc(=O)c2ccccc2o1. The third-order valence-corrected chi connectivity index (χ3v) is 6.97. The third kappa shape index (κ3) is 2.76. The van der Waals surface area contributed by atoms with Gasteiger partial charge in [-0.05, 0) is 37.8 Å². The standard InChI is InChI=1S/C18H19NO5S/c1-25(22,23)13-8-11-6-7-12(9-13)19(11)18(21)17-10-15(20)14-4-2-3-5-16(14)24-17/h2-5,10-13H,6-9H2,1H3. The molecule has 0 aliphatic carbocycles. The lowest BCUT2D eigenvalue weighted by Gasteiger charge is -2.37. The van der Waals surface area contributed by atoms with Crippen LogP contribution in [0.15, 0.2) is 39.5 Å². The van der Waals surface area contributed by atoms with Gasteiger partial charge < -0.3 is 9.32 Å². The van der Waals surface area contributed by atoms with Crippen LogP contribution >= 0.6 is 0 Å². The molecule has 6 nitrogen and oxygen atoms in total. The van der Waals surface area contributed by atoms with E-state index in [0.29, 0.717) is 23.8 Å². The predicted octanol–water partition coefficient (Wildman–Crippen LogP) is 1.97. The van der Waals surface area contributed by atoms with E-state index in [2.05, 4.69) is 0 Å². The Morgan fingerprint density at radius 1 is 1.16 bits per heavy atom. The minimum Gasteiger partial charge on any atom is -0.451 e. The van der Waals surface area contributed by atoms with Gasteiger partial charge in [0.25, 0.3) is 5.91 Å². The van der Waals surface area contributed by atoms with E-state index >= 15 is 0 Å². The van der Waals surface area contributed by atoms with Crippen molar-refractivity contribution >= 4 is 26.7 Å². The van der Waals surface area contributed by atoms with E-state index in [1.807, 2.05) is 0 Å². The number of benzene rings is 1. The zero-order valence-corrected chi connectivity index (χ0v) is 14.7. The normalized spacial score (nSPS) is 26.1. The molecular formula is C18H19NO5S. The Hall–Kier alpha value is -2.15. The van der Waals surface area contributed by atoms with E-state index in [9.17, 15) is 18.0 Å². The molecule has 2 aliphatic heterocycles. The Labute approximate surface area is 145 Å². The smallest absolute Gasteiger partial charge is 0.290 e. The Bertz CT molecular complexity index is 996. The average molecular weight is 361 g/mol. The molecule has 0 N–H and O–H groups in total. The number of nitrogens with zero attached hydrogens (tertiary/aromatic N) is 1. The molecule has 7 heteroatoms. The van der Waals surface area contributed by atoms with Gasteiger partial charge >= 0.3 is 0 Å². The highest BCUT2D eigenvalue weighted by molar-refractivity contribution is 7.91. The van der Waals surface area contributed by atoms with E-state index in [4.69, 9.17) is 4.42 Å². The topological polar surface area (TPSA) is 84.7 Å². The highest BCUT2D eigenvalue weighted by atomic mass is 32.2. The van der Waals surface area contributed by atoms with Gasteiger partial charge in [0.1, 0.15) is 15.4 Å². The van der Waals surface area contributed by atoms with Crippen LogP contribution in [0.4, 0.5) is 0 Å². The van der Waals surface area contributed by atoms with Gasteiger partial charge in [0.05, 0.1) is 10.6 Å². The number of carbonyl (C=O) groups is 1. The van der Waals surface area contributed by atoms with Crippen molar-refractivity contribution in [3.8, 4) is 0 Å². The Balaban J connectivity index is 1.68. The molecule has 2 atom stereocenters. The molecule has 2 fully saturated rings. The van der Waals surface area contributed by atoms with Crippen LogP contribution in [0.1, 0.15) is 36.2 Å². The van der Waals surface area contributed by atoms with Crippen molar-refractivity contribution in [3.05, 3.63) is 46.3 Å². The van der Waals surface area contributed by atoms with Crippen LogP contribution in [0.5, 0.6) is 0 Å². The van der Waals surface area contributed by atoms with Gasteiger partial charge in [-0.2, -0.15) is 0 Å². The molecule has 1 aromatic heterocycles. The first-order chi connectivity index (χ1) is 11.8. The molecule has 4 rings (SSSR count). The molecule has 2 bridgehead atoms. The van der Waals surface area contributed by atoms with Crippen LogP contribution in [0, 0.1) is 0 Å². The Morgan fingerprint density at radius 3 is 2.44 bits per heavy atom. The van der Waals surface area contributed by atoms with Gasteiger partial charge in [0.15, 0.2) is 11.2 Å². The fraction of sp³-hybridized carbons (Fsp3) is 0.444. The van der Waals surface area contributed by atoms with Crippen LogP contribution in [-0.4, -0.2) is 42.8 Å². The molecule has 2 aromatic rings. The maximum absolute atomic E-state index is 13.0. The fourth-order valence-corrected chi connectivity index (χ4v) is 5.29.